The molecule has 0 aliphatic carbocycles. The Hall–Kier alpha value is -2.04. The number of benzene rings is 1. The maximum atomic E-state index is 12.3. The van der Waals surface area contributed by atoms with Crippen LogP contribution in [0.2, 0.25) is 0 Å². The SMILES string of the molecule is CCCC1(C(N)=O)CCN(C(=O)COc2cccc(C)c2)CC1. The molecule has 2 amide bonds. The van der Waals surface area contributed by atoms with Gasteiger partial charge < -0.3 is 15.4 Å². The number of primary amides is 1. The zero-order valence-corrected chi connectivity index (χ0v) is 14.0. The Morgan fingerprint density at radius 1 is 1.30 bits per heavy atom. The number of aryl methyl sites for hydroxylation is 1. The van der Waals surface area contributed by atoms with Crippen molar-refractivity contribution in [2.45, 2.75) is 39.5 Å². The highest BCUT2D eigenvalue weighted by Gasteiger charge is 2.39. The van der Waals surface area contributed by atoms with E-state index in [2.05, 4.69) is 6.92 Å². The van der Waals surface area contributed by atoms with Crippen molar-refractivity contribution >= 4 is 11.8 Å². The Balaban J connectivity index is 1.87. The number of hydrogen-bond acceptors (Lipinski definition) is 3. The van der Waals surface area contributed by atoms with E-state index in [1.807, 2.05) is 31.2 Å². The lowest BCUT2D eigenvalue weighted by atomic mass is 9.74. The lowest BCUT2D eigenvalue weighted by molar-refractivity contribution is -0.140. The Labute approximate surface area is 137 Å². The molecule has 0 radical (unpaired) electrons. The van der Waals surface area contributed by atoms with Crippen LogP contribution in [-0.2, 0) is 9.59 Å². The van der Waals surface area contributed by atoms with Gasteiger partial charge in [-0.3, -0.25) is 9.59 Å². The minimum Gasteiger partial charge on any atom is -0.484 e. The summed E-state index contributed by atoms with van der Waals surface area (Å²) in [5.74, 6) is 0.427. The van der Waals surface area contributed by atoms with Gasteiger partial charge in [-0.25, -0.2) is 0 Å². The summed E-state index contributed by atoms with van der Waals surface area (Å²) in [4.78, 5) is 25.8. The molecule has 0 unspecified atom stereocenters. The van der Waals surface area contributed by atoms with Gasteiger partial charge in [-0.2, -0.15) is 0 Å². The minimum atomic E-state index is -0.442. The van der Waals surface area contributed by atoms with Crippen molar-refractivity contribution in [1.82, 2.24) is 4.90 Å². The summed E-state index contributed by atoms with van der Waals surface area (Å²) in [7, 11) is 0. The van der Waals surface area contributed by atoms with Crippen LogP contribution in [0.5, 0.6) is 5.75 Å². The summed E-state index contributed by atoms with van der Waals surface area (Å²) in [6, 6.07) is 7.64. The van der Waals surface area contributed by atoms with Crippen molar-refractivity contribution < 1.29 is 14.3 Å². The molecular weight excluding hydrogens is 292 g/mol. The predicted octanol–water partition coefficient (Wildman–Crippen LogP) is 2.27. The Morgan fingerprint density at radius 2 is 2.00 bits per heavy atom. The lowest BCUT2D eigenvalue weighted by Gasteiger charge is -2.39. The van der Waals surface area contributed by atoms with Gasteiger partial charge in [-0.1, -0.05) is 25.5 Å². The molecule has 126 valence electrons. The number of ether oxygens (including phenoxy) is 1. The average molecular weight is 318 g/mol. The zero-order chi connectivity index (χ0) is 16.9. The van der Waals surface area contributed by atoms with Gasteiger partial charge in [-0.05, 0) is 43.9 Å². The van der Waals surface area contributed by atoms with Crippen molar-refractivity contribution in [3.8, 4) is 5.75 Å². The highest BCUT2D eigenvalue weighted by Crippen LogP contribution is 2.35. The first-order valence-electron chi connectivity index (χ1n) is 8.24. The van der Waals surface area contributed by atoms with E-state index in [0.29, 0.717) is 31.7 Å². The van der Waals surface area contributed by atoms with E-state index in [1.54, 1.807) is 4.90 Å². The highest BCUT2D eigenvalue weighted by molar-refractivity contribution is 5.82. The monoisotopic (exact) mass is 318 g/mol. The second kappa shape index (κ2) is 7.49. The van der Waals surface area contributed by atoms with Crippen LogP contribution >= 0.6 is 0 Å². The number of rotatable bonds is 6. The van der Waals surface area contributed by atoms with Gasteiger partial charge in [0.05, 0.1) is 5.41 Å². The number of piperidine rings is 1. The summed E-state index contributed by atoms with van der Waals surface area (Å²) >= 11 is 0. The first-order valence-corrected chi connectivity index (χ1v) is 8.24. The van der Waals surface area contributed by atoms with E-state index >= 15 is 0 Å². The molecule has 1 aliphatic rings. The molecule has 5 heteroatoms. The molecule has 0 bridgehead atoms. The summed E-state index contributed by atoms with van der Waals surface area (Å²) in [6.07, 6.45) is 3.01. The fourth-order valence-corrected chi connectivity index (χ4v) is 3.22. The fraction of sp³-hybridized carbons (Fsp3) is 0.556. The molecule has 1 saturated heterocycles. The number of amides is 2. The molecule has 2 rings (SSSR count). The largest absolute Gasteiger partial charge is 0.484 e. The predicted molar refractivity (Wildman–Crippen MR) is 89.0 cm³/mol. The van der Waals surface area contributed by atoms with Crippen molar-refractivity contribution in [1.29, 1.82) is 0 Å². The van der Waals surface area contributed by atoms with E-state index in [0.717, 1.165) is 18.4 Å². The number of hydrogen-bond donors (Lipinski definition) is 1. The van der Waals surface area contributed by atoms with Gasteiger partial charge in [0.25, 0.3) is 5.91 Å². The molecule has 0 atom stereocenters. The van der Waals surface area contributed by atoms with E-state index < -0.39 is 5.41 Å². The van der Waals surface area contributed by atoms with Crippen molar-refractivity contribution in [3.05, 3.63) is 29.8 Å². The maximum absolute atomic E-state index is 12.3. The molecular formula is C18H26N2O3. The fourth-order valence-electron chi connectivity index (χ4n) is 3.22. The Bertz CT molecular complexity index is 563. The van der Waals surface area contributed by atoms with Crippen LogP contribution in [0.1, 0.15) is 38.2 Å². The zero-order valence-electron chi connectivity index (χ0n) is 14.0. The van der Waals surface area contributed by atoms with Crippen LogP contribution in [0.15, 0.2) is 24.3 Å². The van der Waals surface area contributed by atoms with E-state index in [9.17, 15) is 9.59 Å². The summed E-state index contributed by atoms with van der Waals surface area (Å²) in [6.45, 7) is 5.20. The van der Waals surface area contributed by atoms with E-state index in [-0.39, 0.29) is 18.4 Å². The second-order valence-electron chi connectivity index (χ2n) is 6.38. The van der Waals surface area contributed by atoms with Gasteiger partial charge in [0.1, 0.15) is 5.75 Å². The molecule has 23 heavy (non-hydrogen) atoms. The molecule has 5 nitrogen and oxygen atoms in total. The third kappa shape index (κ3) is 4.24. The highest BCUT2D eigenvalue weighted by atomic mass is 16.5. The normalized spacial score (nSPS) is 16.9. The lowest BCUT2D eigenvalue weighted by Crippen LogP contribution is -2.49. The first-order chi connectivity index (χ1) is 11.0. The van der Waals surface area contributed by atoms with Crippen LogP contribution in [0.25, 0.3) is 0 Å². The number of carbonyl (C=O) groups excluding carboxylic acids is 2. The van der Waals surface area contributed by atoms with Gasteiger partial charge in [0, 0.05) is 13.1 Å². The van der Waals surface area contributed by atoms with E-state index in [4.69, 9.17) is 10.5 Å². The van der Waals surface area contributed by atoms with Crippen molar-refractivity contribution in [2.75, 3.05) is 19.7 Å². The molecule has 1 aromatic carbocycles. The quantitative estimate of drug-likeness (QED) is 0.874. The third-order valence-electron chi connectivity index (χ3n) is 4.68. The van der Waals surface area contributed by atoms with Crippen LogP contribution in [0.3, 0.4) is 0 Å². The number of likely N-dealkylation sites (tertiary alicyclic amines) is 1. The summed E-state index contributed by atoms with van der Waals surface area (Å²) in [5.41, 5.74) is 6.25. The molecule has 1 heterocycles. The second-order valence-corrected chi connectivity index (χ2v) is 6.38. The number of nitrogens with two attached hydrogens (primary N) is 1. The topological polar surface area (TPSA) is 72.6 Å². The van der Waals surface area contributed by atoms with Gasteiger partial charge in [0.15, 0.2) is 6.61 Å². The third-order valence-corrected chi connectivity index (χ3v) is 4.68. The average Bonchev–Trinajstić information content (AvgIpc) is 2.53. The maximum Gasteiger partial charge on any atom is 0.260 e. The van der Waals surface area contributed by atoms with Crippen LogP contribution in [0.4, 0.5) is 0 Å². The van der Waals surface area contributed by atoms with Crippen molar-refractivity contribution in [3.63, 3.8) is 0 Å². The van der Waals surface area contributed by atoms with Crippen LogP contribution < -0.4 is 10.5 Å². The first kappa shape index (κ1) is 17.3. The Kier molecular flexibility index (Phi) is 5.64. The molecule has 1 aliphatic heterocycles. The van der Waals surface area contributed by atoms with Gasteiger partial charge in [-0.15, -0.1) is 0 Å². The van der Waals surface area contributed by atoms with Gasteiger partial charge in [0.2, 0.25) is 5.91 Å². The number of nitrogens with zero attached hydrogens (tertiary/aromatic N) is 1. The number of carbonyl (C=O) groups is 2. The van der Waals surface area contributed by atoms with Crippen LogP contribution in [0, 0.1) is 12.3 Å². The summed E-state index contributed by atoms with van der Waals surface area (Å²) < 4.78 is 5.57. The Morgan fingerprint density at radius 3 is 2.57 bits per heavy atom. The summed E-state index contributed by atoms with van der Waals surface area (Å²) in [5, 5.41) is 0. The minimum absolute atomic E-state index is 0.0286. The molecule has 0 aromatic heterocycles. The molecule has 1 aromatic rings. The molecule has 0 spiro atoms. The van der Waals surface area contributed by atoms with Crippen LogP contribution in [-0.4, -0.2) is 36.4 Å². The molecule has 2 N–H and O–H groups in total. The van der Waals surface area contributed by atoms with Crippen molar-refractivity contribution in [2.24, 2.45) is 11.1 Å². The van der Waals surface area contributed by atoms with Gasteiger partial charge >= 0.3 is 0 Å². The standard InChI is InChI=1S/C18H26N2O3/c1-3-7-18(17(19)22)8-10-20(11-9-18)16(21)13-23-15-6-4-5-14(2)12-15/h4-6,12H,3,7-11,13H2,1-2H3,(H2,19,22). The smallest absolute Gasteiger partial charge is 0.260 e. The molecule has 0 saturated carbocycles. The van der Waals surface area contributed by atoms with E-state index in [1.165, 1.54) is 0 Å². The molecule has 1 fully saturated rings.